The molecule has 136 valence electrons. The van der Waals surface area contributed by atoms with Crippen LogP contribution in [0, 0.1) is 13.8 Å². The van der Waals surface area contributed by atoms with Gasteiger partial charge in [0, 0.05) is 23.0 Å². The highest BCUT2D eigenvalue weighted by molar-refractivity contribution is 7.18. The minimum Gasteiger partial charge on any atom is -0.345 e. The van der Waals surface area contributed by atoms with Crippen molar-refractivity contribution in [2.24, 2.45) is 0 Å². The Hall–Kier alpha value is -3.06. The second kappa shape index (κ2) is 6.92. The predicted molar refractivity (Wildman–Crippen MR) is 106 cm³/mol. The Morgan fingerprint density at radius 2 is 2.07 bits per heavy atom. The molecule has 0 saturated heterocycles. The van der Waals surface area contributed by atoms with Gasteiger partial charge in [0.25, 0.3) is 5.91 Å². The second-order valence-electron chi connectivity index (χ2n) is 6.40. The van der Waals surface area contributed by atoms with E-state index in [1.165, 1.54) is 0 Å². The number of hydrogen-bond donors (Lipinski definition) is 1. The van der Waals surface area contributed by atoms with Gasteiger partial charge in [-0.2, -0.15) is 5.10 Å². The van der Waals surface area contributed by atoms with Crippen LogP contribution in [0.4, 0.5) is 0 Å². The SMILES string of the molecule is Cc1nc2cc(C(=O)NC(C)c3cnn(-c4ccccn4)c3C)ccc2s1. The van der Waals surface area contributed by atoms with E-state index >= 15 is 0 Å². The number of hydrogen-bond acceptors (Lipinski definition) is 5. The number of benzene rings is 1. The molecule has 7 heteroatoms. The molecule has 1 atom stereocenters. The highest BCUT2D eigenvalue weighted by Crippen LogP contribution is 2.23. The van der Waals surface area contributed by atoms with Crippen LogP contribution in [0.25, 0.3) is 16.0 Å². The molecule has 1 amide bonds. The molecule has 0 saturated carbocycles. The Kier molecular flexibility index (Phi) is 4.45. The Morgan fingerprint density at radius 1 is 1.22 bits per heavy atom. The van der Waals surface area contributed by atoms with Gasteiger partial charge in [0.15, 0.2) is 5.82 Å². The Bertz CT molecular complexity index is 1120. The fraction of sp³-hybridized carbons (Fsp3) is 0.200. The number of thiazole rings is 1. The number of nitrogens with one attached hydrogen (secondary N) is 1. The summed E-state index contributed by atoms with van der Waals surface area (Å²) in [4.78, 5) is 21.5. The molecule has 6 nitrogen and oxygen atoms in total. The number of aromatic nitrogens is 4. The lowest BCUT2D eigenvalue weighted by atomic mass is 10.1. The van der Waals surface area contributed by atoms with Crippen molar-refractivity contribution in [3.8, 4) is 5.82 Å². The molecule has 4 rings (SSSR count). The van der Waals surface area contributed by atoms with Gasteiger partial charge in [-0.3, -0.25) is 4.79 Å². The third-order valence-corrected chi connectivity index (χ3v) is 5.44. The lowest BCUT2D eigenvalue weighted by Crippen LogP contribution is -2.26. The third kappa shape index (κ3) is 3.33. The molecule has 0 radical (unpaired) electrons. The summed E-state index contributed by atoms with van der Waals surface area (Å²) in [7, 11) is 0. The van der Waals surface area contributed by atoms with E-state index in [1.54, 1.807) is 28.4 Å². The summed E-state index contributed by atoms with van der Waals surface area (Å²) >= 11 is 1.63. The third-order valence-electron chi connectivity index (χ3n) is 4.48. The fourth-order valence-corrected chi connectivity index (χ4v) is 3.91. The van der Waals surface area contributed by atoms with Crippen LogP contribution in [0.1, 0.15) is 39.6 Å². The lowest BCUT2D eigenvalue weighted by molar-refractivity contribution is 0.0940. The topological polar surface area (TPSA) is 72.7 Å². The predicted octanol–water partition coefficient (Wildman–Crippen LogP) is 3.98. The molecule has 3 aromatic heterocycles. The van der Waals surface area contributed by atoms with Crippen molar-refractivity contribution in [2.75, 3.05) is 0 Å². The maximum Gasteiger partial charge on any atom is 0.251 e. The van der Waals surface area contributed by atoms with Crippen LogP contribution in [-0.2, 0) is 0 Å². The summed E-state index contributed by atoms with van der Waals surface area (Å²) in [5, 5.41) is 8.47. The van der Waals surface area contributed by atoms with Gasteiger partial charge in [-0.1, -0.05) is 6.07 Å². The van der Waals surface area contributed by atoms with Gasteiger partial charge in [-0.05, 0) is 51.1 Å². The van der Waals surface area contributed by atoms with Gasteiger partial charge in [-0.25, -0.2) is 14.6 Å². The molecular formula is C20H19N5OS. The first-order valence-electron chi connectivity index (χ1n) is 8.67. The number of carbonyl (C=O) groups excluding carboxylic acids is 1. The van der Waals surface area contributed by atoms with Crippen LogP contribution in [-0.4, -0.2) is 25.7 Å². The van der Waals surface area contributed by atoms with Crippen molar-refractivity contribution >= 4 is 27.5 Å². The molecule has 0 spiro atoms. The first-order chi connectivity index (χ1) is 13.0. The summed E-state index contributed by atoms with van der Waals surface area (Å²) in [5.41, 5.74) is 3.37. The Labute approximate surface area is 160 Å². The Morgan fingerprint density at radius 3 is 2.85 bits per heavy atom. The van der Waals surface area contributed by atoms with Gasteiger partial charge >= 0.3 is 0 Å². The molecule has 0 aliphatic carbocycles. The zero-order valence-electron chi connectivity index (χ0n) is 15.3. The van der Waals surface area contributed by atoms with Crippen molar-refractivity contribution in [1.29, 1.82) is 0 Å². The van der Waals surface area contributed by atoms with E-state index in [-0.39, 0.29) is 11.9 Å². The van der Waals surface area contributed by atoms with E-state index in [2.05, 4.69) is 20.4 Å². The molecule has 0 fully saturated rings. The smallest absolute Gasteiger partial charge is 0.251 e. The van der Waals surface area contributed by atoms with Crippen LogP contribution in [0.2, 0.25) is 0 Å². The maximum absolute atomic E-state index is 12.7. The van der Waals surface area contributed by atoms with Crippen LogP contribution < -0.4 is 5.32 Å². The quantitative estimate of drug-likeness (QED) is 0.584. The van der Waals surface area contributed by atoms with E-state index in [0.29, 0.717) is 5.56 Å². The van der Waals surface area contributed by atoms with Crippen molar-refractivity contribution in [3.05, 3.63) is 70.6 Å². The standard InChI is InChI=1S/C20H19N5OS/c1-12(16-11-22-25(13(16)2)19-6-4-5-9-21-19)23-20(26)15-7-8-18-17(10-15)24-14(3)27-18/h4-12H,1-3H3,(H,23,26). The van der Waals surface area contributed by atoms with Gasteiger partial charge < -0.3 is 5.32 Å². The number of nitrogens with zero attached hydrogens (tertiary/aromatic N) is 4. The number of carbonyl (C=O) groups is 1. The fourth-order valence-electron chi connectivity index (χ4n) is 3.10. The van der Waals surface area contributed by atoms with Crippen molar-refractivity contribution < 1.29 is 4.79 Å². The molecule has 0 aliphatic heterocycles. The highest BCUT2D eigenvalue weighted by atomic mass is 32.1. The minimum absolute atomic E-state index is 0.125. The number of amides is 1. The number of aryl methyl sites for hydroxylation is 1. The van der Waals surface area contributed by atoms with Crippen molar-refractivity contribution in [1.82, 2.24) is 25.1 Å². The largest absolute Gasteiger partial charge is 0.345 e. The molecule has 1 N–H and O–H groups in total. The summed E-state index contributed by atoms with van der Waals surface area (Å²) in [6.07, 6.45) is 3.51. The number of rotatable bonds is 4. The molecule has 27 heavy (non-hydrogen) atoms. The van der Waals surface area contributed by atoms with Gasteiger partial charge in [-0.15, -0.1) is 11.3 Å². The van der Waals surface area contributed by atoms with E-state index in [4.69, 9.17) is 0 Å². The zero-order valence-corrected chi connectivity index (χ0v) is 16.1. The molecule has 1 aromatic carbocycles. The van der Waals surface area contributed by atoms with Crippen LogP contribution >= 0.6 is 11.3 Å². The van der Waals surface area contributed by atoms with Crippen LogP contribution in [0.3, 0.4) is 0 Å². The molecular weight excluding hydrogens is 358 g/mol. The van der Waals surface area contributed by atoms with Crippen molar-refractivity contribution in [2.45, 2.75) is 26.8 Å². The number of fused-ring (bicyclic) bond motifs is 1. The Balaban J connectivity index is 1.55. The van der Waals surface area contributed by atoms with E-state index in [1.807, 2.05) is 57.2 Å². The molecule has 3 heterocycles. The number of pyridine rings is 1. The molecule has 1 unspecified atom stereocenters. The first-order valence-corrected chi connectivity index (χ1v) is 9.48. The van der Waals surface area contributed by atoms with Crippen molar-refractivity contribution in [3.63, 3.8) is 0 Å². The van der Waals surface area contributed by atoms with Crippen LogP contribution in [0.5, 0.6) is 0 Å². The monoisotopic (exact) mass is 377 g/mol. The van der Waals surface area contributed by atoms with Gasteiger partial charge in [0.2, 0.25) is 0 Å². The van der Waals surface area contributed by atoms with E-state index in [9.17, 15) is 4.79 Å². The second-order valence-corrected chi connectivity index (χ2v) is 7.63. The first kappa shape index (κ1) is 17.4. The zero-order chi connectivity index (χ0) is 19.0. The average molecular weight is 377 g/mol. The summed E-state index contributed by atoms with van der Waals surface area (Å²) in [5.74, 6) is 0.629. The minimum atomic E-state index is -0.178. The van der Waals surface area contributed by atoms with E-state index in [0.717, 1.165) is 32.3 Å². The normalized spacial score (nSPS) is 12.3. The molecule has 0 aliphatic rings. The van der Waals surface area contributed by atoms with Gasteiger partial charge in [0.05, 0.1) is 27.5 Å². The van der Waals surface area contributed by atoms with Gasteiger partial charge in [0.1, 0.15) is 0 Å². The highest BCUT2D eigenvalue weighted by Gasteiger charge is 2.18. The lowest BCUT2D eigenvalue weighted by Gasteiger charge is -2.14. The average Bonchev–Trinajstić information content (AvgIpc) is 3.23. The maximum atomic E-state index is 12.7. The summed E-state index contributed by atoms with van der Waals surface area (Å²) < 4.78 is 2.87. The summed E-state index contributed by atoms with van der Waals surface area (Å²) in [6.45, 7) is 5.90. The molecule has 4 aromatic rings. The molecule has 0 bridgehead atoms. The van der Waals surface area contributed by atoms with E-state index < -0.39 is 0 Å². The van der Waals surface area contributed by atoms with Crippen LogP contribution in [0.15, 0.2) is 48.8 Å². The summed E-state index contributed by atoms with van der Waals surface area (Å²) in [6, 6.07) is 11.1.